The molecule has 51 heavy (non-hydrogen) atoms. The second-order valence-electron chi connectivity index (χ2n) is 14.1. The number of urea groups is 1. The zero-order valence-corrected chi connectivity index (χ0v) is 30.9. The van der Waals surface area contributed by atoms with Gasteiger partial charge in [0.1, 0.15) is 35.2 Å². The fourth-order valence-electron chi connectivity index (χ4n) is 6.51. The van der Waals surface area contributed by atoms with Crippen LogP contribution in [0.2, 0.25) is 0 Å². The molecule has 15 heteroatoms. The van der Waals surface area contributed by atoms with Crippen LogP contribution < -0.4 is 30.7 Å². The lowest BCUT2D eigenvalue weighted by Gasteiger charge is -2.35. The number of anilines is 1. The first-order valence-corrected chi connectivity index (χ1v) is 17.5. The van der Waals surface area contributed by atoms with E-state index in [-0.39, 0.29) is 30.6 Å². The molecular formula is C36H45N7O7S. The summed E-state index contributed by atoms with van der Waals surface area (Å²) in [7, 11) is 3.03. The smallest absolute Gasteiger partial charge is 0.315 e. The summed E-state index contributed by atoms with van der Waals surface area (Å²) in [6.07, 6.45) is 3.15. The van der Waals surface area contributed by atoms with Crippen LogP contribution >= 0.6 is 11.3 Å². The van der Waals surface area contributed by atoms with Gasteiger partial charge in [0, 0.05) is 49.5 Å². The van der Waals surface area contributed by atoms with Gasteiger partial charge >= 0.3 is 6.03 Å². The van der Waals surface area contributed by atoms with E-state index in [1.807, 2.05) is 39.8 Å². The van der Waals surface area contributed by atoms with Crippen molar-refractivity contribution in [2.75, 3.05) is 26.0 Å². The molecule has 2 aliphatic rings. The van der Waals surface area contributed by atoms with Crippen LogP contribution in [0.25, 0.3) is 21.5 Å². The highest BCUT2D eigenvalue weighted by Gasteiger charge is 2.59. The van der Waals surface area contributed by atoms with Gasteiger partial charge in [-0.25, -0.2) is 14.8 Å². The summed E-state index contributed by atoms with van der Waals surface area (Å²) in [5.41, 5.74) is 0.142. The lowest BCUT2D eigenvalue weighted by molar-refractivity contribution is -0.142. The predicted octanol–water partition coefficient (Wildman–Crippen LogP) is 3.98. The third-order valence-corrected chi connectivity index (χ3v) is 10.4. The Morgan fingerprint density at radius 3 is 2.47 bits per heavy atom. The normalized spacial score (nSPS) is 21.7. The molecule has 1 aliphatic carbocycles. The highest BCUT2D eigenvalue weighted by atomic mass is 32.1. The first kappa shape index (κ1) is 37.2. The molecule has 0 radical (unpaired) electrons. The number of pyridine rings is 1. The van der Waals surface area contributed by atoms with E-state index in [0.717, 1.165) is 5.56 Å². The number of fused-ring (bicyclic) bond motifs is 1. The standard InChI is InChI=1S/C36H45N7O7S/c1-10-21-15-36(21,19(3)44)42-31(46)25-13-22(17-43(25)32(47)30(35(5,6)7)41-33(48)37-8)50-27-14-24(28-16-38-34(51-28)39-20(4)45)40-29-18(2)26(49-9)12-11-23(27)29/h10-12,14,16,21-22,25,30H,1,13,15,17H2,2-9H3,(H,42,46)(H2,37,41,48)(H,38,39,45)/t21-,22-,25+,30-,36+/m1/s1. The minimum absolute atomic E-state index is 0.0262. The molecule has 5 atom stereocenters. The number of methoxy groups -OCH3 is 1. The minimum atomic E-state index is -1.08. The van der Waals surface area contributed by atoms with Gasteiger partial charge in [-0.05, 0) is 37.8 Å². The van der Waals surface area contributed by atoms with Gasteiger partial charge in [0.2, 0.25) is 17.7 Å². The van der Waals surface area contributed by atoms with Crippen LogP contribution in [0.3, 0.4) is 0 Å². The van der Waals surface area contributed by atoms with Crippen LogP contribution in [0.1, 0.15) is 53.0 Å². The number of Topliss-reactive ketones (excluding diaryl/α,β-unsaturated/α-hetero) is 1. The second-order valence-corrected chi connectivity index (χ2v) is 15.1. The van der Waals surface area contributed by atoms with Crippen molar-refractivity contribution in [3.8, 4) is 22.1 Å². The maximum absolute atomic E-state index is 14.3. The predicted molar refractivity (Wildman–Crippen MR) is 194 cm³/mol. The van der Waals surface area contributed by atoms with Crippen LogP contribution in [0.4, 0.5) is 9.93 Å². The zero-order valence-electron chi connectivity index (χ0n) is 30.1. The Bertz CT molecular complexity index is 1900. The number of likely N-dealkylation sites (tertiary alicyclic amines) is 1. The van der Waals surface area contributed by atoms with Gasteiger partial charge < -0.3 is 35.6 Å². The Labute approximate surface area is 300 Å². The summed E-state index contributed by atoms with van der Waals surface area (Å²) in [6.45, 7) is 14.0. The van der Waals surface area contributed by atoms with E-state index >= 15 is 0 Å². The third kappa shape index (κ3) is 7.53. The molecule has 0 bridgehead atoms. The number of rotatable bonds is 11. The number of hydrogen-bond acceptors (Lipinski definition) is 10. The monoisotopic (exact) mass is 719 g/mol. The van der Waals surface area contributed by atoms with Gasteiger partial charge in [-0.3, -0.25) is 19.2 Å². The summed E-state index contributed by atoms with van der Waals surface area (Å²) in [5, 5.41) is 12.0. The number of aryl methyl sites for hydroxylation is 1. The molecule has 3 aromatic rings. The van der Waals surface area contributed by atoms with Crippen LogP contribution in [0.15, 0.2) is 37.1 Å². The average Bonchev–Trinajstić information content (AvgIpc) is 3.35. The van der Waals surface area contributed by atoms with Crippen LogP contribution in [-0.2, 0) is 19.2 Å². The number of ketones is 1. The van der Waals surface area contributed by atoms with Crippen molar-refractivity contribution in [3.05, 3.63) is 42.6 Å². The molecule has 2 aromatic heterocycles. The molecular weight excluding hydrogens is 675 g/mol. The van der Waals surface area contributed by atoms with Crippen molar-refractivity contribution >= 4 is 56.9 Å². The Kier molecular flexibility index (Phi) is 10.4. The molecule has 0 spiro atoms. The summed E-state index contributed by atoms with van der Waals surface area (Å²) in [4.78, 5) is 76.6. The number of ether oxygens (including phenoxy) is 2. The molecule has 14 nitrogen and oxygen atoms in total. The van der Waals surface area contributed by atoms with Crippen LogP contribution in [0, 0.1) is 18.3 Å². The number of carbonyl (C=O) groups is 5. The Balaban J connectivity index is 1.54. The highest BCUT2D eigenvalue weighted by Crippen LogP contribution is 2.45. The Morgan fingerprint density at radius 1 is 1.16 bits per heavy atom. The van der Waals surface area contributed by atoms with E-state index in [9.17, 15) is 24.0 Å². The minimum Gasteiger partial charge on any atom is -0.496 e. The zero-order chi connectivity index (χ0) is 37.4. The number of amides is 5. The number of nitrogens with zero attached hydrogens (tertiary/aromatic N) is 3. The maximum atomic E-state index is 14.3. The first-order chi connectivity index (χ1) is 24.0. The summed E-state index contributed by atoms with van der Waals surface area (Å²) in [5.74, 6) is -0.512. The topological polar surface area (TPSA) is 181 Å². The molecule has 5 amide bonds. The van der Waals surface area contributed by atoms with Gasteiger partial charge in [-0.1, -0.05) is 38.2 Å². The van der Waals surface area contributed by atoms with E-state index in [1.54, 1.807) is 25.4 Å². The van der Waals surface area contributed by atoms with Crippen molar-refractivity contribution in [1.82, 2.24) is 30.8 Å². The van der Waals surface area contributed by atoms with E-state index < -0.39 is 47.0 Å². The highest BCUT2D eigenvalue weighted by molar-refractivity contribution is 7.19. The summed E-state index contributed by atoms with van der Waals surface area (Å²) < 4.78 is 12.3. The Morgan fingerprint density at radius 2 is 1.88 bits per heavy atom. The number of thiazole rings is 1. The van der Waals surface area contributed by atoms with Crippen LogP contribution in [-0.4, -0.2) is 88.8 Å². The number of aromatic nitrogens is 2. The first-order valence-electron chi connectivity index (χ1n) is 16.7. The Hall–Kier alpha value is -5.05. The van der Waals surface area contributed by atoms with Gasteiger partial charge in [0.15, 0.2) is 10.9 Å². The maximum Gasteiger partial charge on any atom is 0.315 e. The number of benzene rings is 1. The fourth-order valence-corrected chi connectivity index (χ4v) is 7.33. The average molecular weight is 720 g/mol. The molecule has 4 N–H and O–H groups in total. The molecule has 2 fully saturated rings. The molecule has 1 aliphatic heterocycles. The number of carbonyl (C=O) groups excluding carboxylic acids is 5. The molecule has 1 saturated heterocycles. The SMILES string of the molecule is C=C[C@@H]1C[C@]1(NC(=O)[C@@H]1C[C@@H](Oc2cc(-c3cnc(NC(C)=O)s3)nc3c(C)c(OC)ccc23)CN1C(=O)[C@@H](NC(=O)NC)C(C)(C)C)C(C)=O. The van der Waals surface area contributed by atoms with Gasteiger partial charge in [-0.2, -0.15) is 0 Å². The molecule has 272 valence electrons. The molecule has 5 rings (SSSR count). The van der Waals surface area contributed by atoms with Crippen molar-refractivity contribution in [3.63, 3.8) is 0 Å². The van der Waals surface area contributed by atoms with E-state index in [2.05, 4.69) is 32.8 Å². The quantitative estimate of drug-likeness (QED) is 0.213. The van der Waals surface area contributed by atoms with Crippen LogP contribution in [0.5, 0.6) is 11.5 Å². The van der Waals surface area contributed by atoms with Gasteiger partial charge in [-0.15, -0.1) is 6.58 Å². The fraction of sp³-hybridized carbons (Fsp3) is 0.472. The second kappa shape index (κ2) is 14.3. The van der Waals surface area contributed by atoms with Crippen molar-refractivity contribution in [1.29, 1.82) is 0 Å². The summed E-state index contributed by atoms with van der Waals surface area (Å²) >= 11 is 1.25. The van der Waals surface area contributed by atoms with E-state index in [4.69, 9.17) is 14.5 Å². The molecule has 1 saturated carbocycles. The van der Waals surface area contributed by atoms with E-state index in [1.165, 1.54) is 37.1 Å². The van der Waals surface area contributed by atoms with Gasteiger partial charge in [0.05, 0.1) is 29.7 Å². The van der Waals surface area contributed by atoms with Crippen molar-refractivity contribution in [2.45, 2.75) is 78.1 Å². The largest absolute Gasteiger partial charge is 0.496 e. The number of nitrogens with one attached hydrogen (secondary N) is 4. The summed E-state index contributed by atoms with van der Waals surface area (Å²) in [6, 6.07) is 2.91. The lowest BCUT2D eigenvalue weighted by Crippen LogP contribution is -2.59. The number of hydrogen-bond donors (Lipinski definition) is 4. The van der Waals surface area contributed by atoms with Crippen molar-refractivity contribution < 1.29 is 33.4 Å². The molecule has 3 heterocycles. The third-order valence-electron chi connectivity index (χ3n) is 9.44. The molecule has 0 unspecified atom stereocenters. The molecule has 1 aromatic carbocycles. The van der Waals surface area contributed by atoms with E-state index in [0.29, 0.717) is 44.5 Å². The lowest BCUT2D eigenvalue weighted by atomic mass is 9.85. The van der Waals surface area contributed by atoms with Gasteiger partial charge in [0.25, 0.3) is 0 Å². The van der Waals surface area contributed by atoms with Crippen molar-refractivity contribution in [2.24, 2.45) is 11.3 Å².